The van der Waals surface area contributed by atoms with Crippen molar-refractivity contribution in [1.29, 1.82) is 0 Å². The molecule has 0 amide bonds. The molecule has 1 aromatic heterocycles. The van der Waals surface area contributed by atoms with Gasteiger partial charge in [0.2, 0.25) is 0 Å². The zero-order chi connectivity index (χ0) is 13.7. The summed E-state index contributed by atoms with van der Waals surface area (Å²) in [4.78, 5) is 0. The first-order valence-electron chi connectivity index (χ1n) is 7.78. The third kappa shape index (κ3) is 4.34. The lowest BCUT2D eigenvalue weighted by Crippen LogP contribution is -2.34. The van der Waals surface area contributed by atoms with E-state index in [2.05, 4.69) is 30.5 Å². The van der Waals surface area contributed by atoms with E-state index >= 15 is 0 Å². The number of nitrogens with one attached hydrogen (secondary N) is 1. The Bertz CT molecular complexity index is 375. The first-order chi connectivity index (χ1) is 9.10. The third-order valence-electron chi connectivity index (χ3n) is 4.35. The molecule has 3 nitrogen and oxygen atoms in total. The van der Waals surface area contributed by atoms with Crippen LogP contribution in [-0.2, 0) is 13.5 Å². The van der Waals surface area contributed by atoms with Crippen LogP contribution in [0.2, 0.25) is 0 Å². The zero-order valence-electron chi connectivity index (χ0n) is 12.8. The van der Waals surface area contributed by atoms with Gasteiger partial charge in [-0.2, -0.15) is 5.10 Å². The van der Waals surface area contributed by atoms with Gasteiger partial charge in [0, 0.05) is 19.8 Å². The summed E-state index contributed by atoms with van der Waals surface area (Å²) in [5, 5.41) is 7.91. The van der Waals surface area contributed by atoms with Gasteiger partial charge in [0.1, 0.15) is 0 Å². The Hall–Kier alpha value is -0.830. The minimum atomic E-state index is 0.586. The van der Waals surface area contributed by atoms with E-state index < -0.39 is 0 Å². The summed E-state index contributed by atoms with van der Waals surface area (Å²) in [5.41, 5.74) is 1.92. The molecule has 0 spiro atoms. The summed E-state index contributed by atoms with van der Waals surface area (Å²) in [7, 11) is 1.98. The lowest BCUT2D eigenvalue weighted by molar-refractivity contribution is 0.225. The average Bonchev–Trinajstić information content (AvgIpc) is 2.94. The number of nitrogens with zero attached hydrogens (tertiary/aromatic N) is 2. The third-order valence-corrected chi connectivity index (χ3v) is 4.35. The highest BCUT2D eigenvalue weighted by molar-refractivity contribution is 5.03. The summed E-state index contributed by atoms with van der Waals surface area (Å²) in [5.74, 6) is 0.818. The Morgan fingerprint density at radius 2 is 2.11 bits per heavy atom. The van der Waals surface area contributed by atoms with Crippen molar-refractivity contribution >= 4 is 0 Å². The molecule has 1 aliphatic carbocycles. The first-order valence-corrected chi connectivity index (χ1v) is 7.78. The lowest BCUT2D eigenvalue weighted by Gasteiger charge is -2.31. The topological polar surface area (TPSA) is 29.9 Å². The van der Waals surface area contributed by atoms with Crippen LogP contribution in [0.4, 0.5) is 0 Å². The molecule has 2 rings (SSSR count). The van der Waals surface area contributed by atoms with Crippen molar-refractivity contribution in [3.63, 3.8) is 0 Å². The van der Waals surface area contributed by atoms with Gasteiger partial charge >= 0.3 is 0 Å². The van der Waals surface area contributed by atoms with E-state index in [4.69, 9.17) is 0 Å². The highest BCUT2D eigenvalue weighted by Crippen LogP contribution is 2.42. The molecule has 3 heteroatoms. The van der Waals surface area contributed by atoms with Crippen LogP contribution in [0.15, 0.2) is 12.4 Å². The van der Waals surface area contributed by atoms with Gasteiger partial charge in [-0.25, -0.2) is 0 Å². The molecule has 0 unspecified atom stereocenters. The molecule has 1 aliphatic rings. The second-order valence-corrected chi connectivity index (χ2v) is 6.75. The average molecular weight is 263 g/mol. The van der Waals surface area contributed by atoms with Crippen LogP contribution in [-0.4, -0.2) is 22.9 Å². The molecule has 0 atom stereocenters. The van der Waals surface area contributed by atoms with E-state index in [9.17, 15) is 0 Å². The highest BCUT2D eigenvalue weighted by Gasteiger charge is 2.33. The van der Waals surface area contributed by atoms with Crippen molar-refractivity contribution in [2.45, 2.75) is 52.4 Å². The van der Waals surface area contributed by atoms with Gasteiger partial charge in [-0.15, -0.1) is 0 Å². The van der Waals surface area contributed by atoms with E-state index in [0.717, 1.165) is 18.9 Å². The van der Waals surface area contributed by atoms with Crippen LogP contribution in [0.5, 0.6) is 0 Å². The fourth-order valence-electron chi connectivity index (χ4n) is 3.63. The highest BCUT2D eigenvalue weighted by atomic mass is 15.2. The van der Waals surface area contributed by atoms with E-state index in [-0.39, 0.29) is 0 Å². The maximum atomic E-state index is 4.21. The second-order valence-electron chi connectivity index (χ2n) is 6.75. The fourth-order valence-corrected chi connectivity index (χ4v) is 3.63. The molecule has 1 heterocycles. The minimum Gasteiger partial charge on any atom is -0.316 e. The zero-order valence-corrected chi connectivity index (χ0v) is 12.8. The monoisotopic (exact) mass is 263 g/mol. The molecule has 1 N–H and O–H groups in total. The number of rotatable bonds is 7. The molecule has 0 bridgehead atoms. The molecule has 1 aromatic rings. The van der Waals surface area contributed by atoms with Crippen molar-refractivity contribution in [2.24, 2.45) is 18.4 Å². The second kappa shape index (κ2) is 6.56. The summed E-state index contributed by atoms with van der Waals surface area (Å²) < 4.78 is 1.88. The van der Waals surface area contributed by atoms with Crippen molar-refractivity contribution in [1.82, 2.24) is 15.1 Å². The van der Waals surface area contributed by atoms with E-state index in [1.54, 1.807) is 0 Å². The van der Waals surface area contributed by atoms with Crippen LogP contribution >= 0.6 is 0 Å². The van der Waals surface area contributed by atoms with Crippen molar-refractivity contribution in [3.05, 3.63) is 18.0 Å². The molecular weight excluding hydrogens is 234 g/mol. The summed E-state index contributed by atoms with van der Waals surface area (Å²) >= 11 is 0. The van der Waals surface area contributed by atoms with Crippen molar-refractivity contribution in [2.75, 3.05) is 13.1 Å². The first kappa shape index (κ1) is 14.6. The predicted molar refractivity (Wildman–Crippen MR) is 80.1 cm³/mol. The summed E-state index contributed by atoms with van der Waals surface area (Å²) in [6.45, 7) is 6.99. The smallest absolute Gasteiger partial charge is 0.0522 e. The van der Waals surface area contributed by atoms with Gasteiger partial charge in [-0.3, -0.25) is 4.68 Å². The van der Waals surface area contributed by atoms with Crippen LogP contribution in [0.1, 0.15) is 51.5 Å². The molecule has 0 saturated heterocycles. The maximum absolute atomic E-state index is 4.21. The van der Waals surface area contributed by atoms with Gasteiger partial charge in [-0.1, -0.05) is 26.7 Å². The predicted octanol–water partition coefficient (Wildman–Crippen LogP) is 3.16. The Morgan fingerprint density at radius 1 is 1.37 bits per heavy atom. The van der Waals surface area contributed by atoms with Gasteiger partial charge in [-0.05, 0) is 49.1 Å². The quantitative estimate of drug-likeness (QED) is 0.766. The number of hydrogen-bond acceptors (Lipinski definition) is 2. The maximum Gasteiger partial charge on any atom is 0.0522 e. The molecule has 0 aromatic carbocycles. The number of aromatic nitrogens is 2. The standard InChI is InChI=1S/C16H29N3/c1-14(2)10-16(7-4-5-8-16)13-17-9-6-15-11-18-19(3)12-15/h11-12,14,17H,4-10,13H2,1-3H3. The van der Waals surface area contributed by atoms with E-state index in [1.165, 1.54) is 44.2 Å². The van der Waals surface area contributed by atoms with Gasteiger partial charge in [0.25, 0.3) is 0 Å². The van der Waals surface area contributed by atoms with Crippen molar-refractivity contribution in [3.8, 4) is 0 Å². The van der Waals surface area contributed by atoms with Crippen LogP contribution in [0, 0.1) is 11.3 Å². The lowest BCUT2D eigenvalue weighted by atomic mass is 9.78. The SMILES string of the molecule is CC(C)CC1(CNCCc2cnn(C)c2)CCCC1. The molecule has 1 saturated carbocycles. The summed E-state index contributed by atoms with van der Waals surface area (Å²) in [6, 6.07) is 0. The van der Waals surface area contributed by atoms with Gasteiger partial charge < -0.3 is 5.32 Å². The number of aryl methyl sites for hydroxylation is 1. The van der Waals surface area contributed by atoms with Crippen LogP contribution in [0.25, 0.3) is 0 Å². The van der Waals surface area contributed by atoms with Crippen LogP contribution < -0.4 is 5.32 Å². The molecule has 0 radical (unpaired) electrons. The Kier molecular flexibility index (Phi) is 5.03. The fraction of sp³-hybridized carbons (Fsp3) is 0.812. The summed E-state index contributed by atoms with van der Waals surface area (Å²) in [6.07, 6.45) is 12.3. The van der Waals surface area contributed by atoms with Gasteiger partial charge in [0.15, 0.2) is 0 Å². The Morgan fingerprint density at radius 3 is 2.68 bits per heavy atom. The number of hydrogen-bond donors (Lipinski definition) is 1. The van der Waals surface area contributed by atoms with E-state index in [0.29, 0.717) is 5.41 Å². The van der Waals surface area contributed by atoms with Crippen LogP contribution in [0.3, 0.4) is 0 Å². The van der Waals surface area contributed by atoms with Crippen molar-refractivity contribution < 1.29 is 0 Å². The molecular formula is C16H29N3. The molecule has 1 fully saturated rings. The molecule has 0 aliphatic heterocycles. The minimum absolute atomic E-state index is 0.586. The van der Waals surface area contributed by atoms with E-state index in [1.807, 2.05) is 17.9 Å². The Balaban J connectivity index is 1.73. The molecule has 19 heavy (non-hydrogen) atoms. The normalized spacial score (nSPS) is 18.3. The Labute approximate surface area is 117 Å². The largest absolute Gasteiger partial charge is 0.316 e. The van der Waals surface area contributed by atoms with Gasteiger partial charge in [0.05, 0.1) is 6.20 Å². The molecule has 108 valence electrons.